The second-order valence-electron chi connectivity index (χ2n) is 4.97. The summed E-state index contributed by atoms with van der Waals surface area (Å²) in [4.78, 5) is 14.6. The number of sulfonamides is 1. The highest BCUT2D eigenvalue weighted by Crippen LogP contribution is 2.24. The molecule has 2 rings (SSSR count). The van der Waals surface area contributed by atoms with Crippen molar-refractivity contribution in [3.05, 3.63) is 36.0 Å². The molecule has 0 spiro atoms. The third-order valence-corrected chi connectivity index (χ3v) is 4.23. The molecule has 0 bridgehead atoms. The van der Waals surface area contributed by atoms with Gasteiger partial charge in [0, 0.05) is 12.5 Å². The number of carboxylic acids is 1. The number of benzene rings is 1. The van der Waals surface area contributed by atoms with Gasteiger partial charge < -0.3 is 14.4 Å². The number of methoxy groups -OCH3 is 1. The molecule has 0 radical (unpaired) electrons. The van der Waals surface area contributed by atoms with Gasteiger partial charge in [-0.1, -0.05) is 11.2 Å². The molecule has 0 fully saturated rings. The Balaban J connectivity index is 2.22. The SMILES string of the molecule is COc1cccc(N(Cc2noc(CCC(=O)O)n2)S(C)(=O)=O)c1. The molecule has 9 nitrogen and oxygen atoms in total. The van der Waals surface area contributed by atoms with Gasteiger partial charge in [-0.3, -0.25) is 9.10 Å². The second kappa shape index (κ2) is 7.30. The number of hydrogen-bond acceptors (Lipinski definition) is 7. The standard InChI is InChI=1S/C14H17N3O6S/c1-22-11-5-3-4-10(8-11)17(24(2,20)21)9-12-15-13(23-16-12)6-7-14(18)19/h3-5,8H,6-7,9H2,1-2H3,(H,18,19). The Labute approximate surface area is 138 Å². The summed E-state index contributed by atoms with van der Waals surface area (Å²) in [6.45, 7) is -0.136. The maximum atomic E-state index is 12.1. The fourth-order valence-corrected chi connectivity index (χ4v) is 2.81. The first-order chi connectivity index (χ1) is 11.3. The van der Waals surface area contributed by atoms with Crippen molar-refractivity contribution in [3.8, 4) is 5.75 Å². The maximum Gasteiger partial charge on any atom is 0.303 e. The Morgan fingerprint density at radius 2 is 2.17 bits per heavy atom. The third kappa shape index (κ3) is 4.69. The normalized spacial score (nSPS) is 11.2. The summed E-state index contributed by atoms with van der Waals surface area (Å²) >= 11 is 0. The van der Waals surface area contributed by atoms with Crippen LogP contribution in [0.3, 0.4) is 0 Å². The van der Waals surface area contributed by atoms with Crippen LogP contribution in [0.15, 0.2) is 28.8 Å². The zero-order valence-electron chi connectivity index (χ0n) is 13.2. The lowest BCUT2D eigenvalue weighted by molar-refractivity contribution is -0.137. The molecule has 24 heavy (non-hydrogen) atoms. The summed E-state index contributed by atoms with van der Waals surface area (Å²) in [5.74, 6) is -0.185. The molecule has 0 aliphatic carbocycles. The van der Waals surface area contributed by atoms with Crippen molar-refractivity contribution < 1.29 is 27.6 Å². The fourth-order valence-electron chi connectivity index (χ4n) is 1.96. The quantitative estimate of drug-likeness (QED) is 0.746. The number of nitrogens with zero attached hydrogens (tertiary/aromatic N) is 3. The van der Waals surface area contributed by atoms with Gasteiger partial charge in [0.25, 0.3) is 0 Å². The zero-order valence-corrected chi connectivity index (χ0v) is 14.0. The topological polar surface area (TPSA) is 123 Å². The van der Waals surface area contributed by atoms with E-state index in [4.69, 9.17) is 14.4 Å². The van der Waals surface area contributed by atoms with Crippen LogP contribution in [0, 0.1) is 0 Å². The highest BCUT2D eigenvalue weighted by Gasteiger charge is 2.21. The Morgan fingerprint density at radius 3 is 2.79 bits per heavy atom. The fraction of sp³-hybridized carbons (Fsp3) is 0.357. The van der Waals surface area contributed by atoms with Crippen LogP contribution in [-0.2, 0) is 27.8 Å². The zero-order chi connectivity index (χ0) is 17.7. The number of anilines is 1. The Hall–Kier alpha value is -2.62. The number of aliphatic carboxylic acids is 1. The highest BCUT2D eigenvalue weighted by molar-refractivity contribution is 7.92. The molecule has 1 aromatic heterocycles. The molecule has 1 aromatic carbocycles. The Morgan fingerprint density at radius 1 is 1.42 bits per heavy atom. The average molecular weight is 355 g/mol. The van der Waals surface area contributed by atoms with Gasteiger partial charge in [0.15, 0.2) is 5.82 Å². The minimum atomic E-state index is -3.60. The first-order valence-corrected chi connectivity index (χ1v) is 8.79. The lowest BCUT2D eigenvalue weighted by atomic mass is 10.3. The molecular formula is C14H17N3O6S. The predicted molar refractivity (Wildman–Crippen MR) is 84.3 cm³/mol. The van der Waals surface area contributed by atoms with E-state index in [1.807, 2.05) is 0 Å². The van der Waals surface area contributed by atoms with E-state index in [0.29, 0.717) is 11.4 Å². The number of hydrogen-bond donors (Lipinski definition) is 1. The number of carboxylic acid groups (broad SMARTS) is 1. The number of aromatic nitrogens is 2. The molecule has 2 aromatic rings. The van der Waals surface area contributed by atoms with Gasteiger partial charge >= 0.3 is 5.97 Å². The summed E-state index contributed by atoms with van der Waals surface area (Å²) in [5, 5.41) is 12.3. The molecule has 1 N–H and O–H groups in total. The van der Waals surface area contributed by atoms with Crippen LogP contribution in [0.25, 0.3) is 0 Å². The third-order valence-electron chi connectivity index (χ3n) is 3.09. The molecule has 130 valence electrons. The van der Waals surface area contributed by atoms with Crippen molar-refractivity contribution in [2.75, 3.05) is 17.7 Å². The summed E-state index contributed by atoms with van der Waals surface area (Å²) in [5.41, 5.74) is 0.397. The van der Waals surface area contributed by atoms with E-state index in [2.05, 4.69) is 10.1 Å². The number of carbonyl (C=O) groups is 1. The van der Waals surface area contributed by atoms with E-state index in [9.17, 15) is 13.2 Å². The summed E-state index contributed by atoms with van der Waals surface area (Å²) in [6, 6.07) is 6.56. The highest BCUT2D eigenvalue weighted by atomic mass is 32.2. The van der Waals surface area contributed by atoms with Crippen LogP contribution >= 0.6 is 0 Å². The Bertz CT molecular complexity index is 817. The molecule has 0 atom stereocenters. The summed E-state index contributed by atoms with van der Waals surface area (Å²) in [6.07, 6.45) is 1.01. The summed E-state index contributed by atoms with van der Waals surface area (Å²) in [7, 11) is -2.11. The van der Waals surface area contributed by atoms with Crippen LogP contribution in [0.5, 0.6) is 5.75 Å². The van der Waals surface area contributed by atoms with E-state index in [1.54, 1.807) is 24.3 Å². The van der Waals surface area contributed by atoms with Gasteiger partial charge in [0.1, 0.15) is 5.75 Å². The maximum absolute atomic E-state index is 12.1. The van der Waals surface area contributed by atoms with Gasteiger partial charge in [-0.2, -0.15) is 4.98 Å². The van der Waals surface area contributed by atoms with Crippen molar-refractivity contribution >= 4 is 21.7 Å². The van der Waals surface area contributed by atoms with Crippen LogP contribution < -0.4 is 9.04 Å². The monoisotopic (exact) mass is 355 g/mol. The minimum Gasteiger partial charge on any atom is -0.497 e. The molecule has 0 saturated carbocycles. The molecule has 0 unspecified atom stereocenters. The van der Waals surface area contributed by atoms with Gasteiger partial charge in [-0.15, -0.1) is 0 Å². The van der Waals surface area contributed by atoms with E-state index >= 15 is 0 Å². The number of aryl methyl sites for hydroxylation is 1. The van der Waals surface area contributed by atoms with Crippen LogP contribution in [0.1, 0.15) is 18.1 Å². The molecule has 1 heterocycles. The van der Waals surface area contributed by atoms with Crippen molar-refractivity contribution in [3.63, 3.8) is 0 Å². The number of ether oxygens (including phenoxy) is 1. The van der Waals surface area contributed by atoms with E-state index < -0.39 is 16.0 Å². The van der Waals surface area contributed by atoms with Crippen molar-refractivity contribution in [2.24, 2.45) is 0 Å². The molecule has 0 aliphatic heterocycles. The van der Waals surface area contributed by atoms with Crippen LogP contribution in [-0.4, -0.2) is 43.0 Å². The predicted octanol–water partition coefficient (Wildman–Crippen LogP) is 1.06. The van der Waals surface area contributed by atoms with Crippen molar-refractivity contribution in [1.82, 2.24) is 10.1 Å². The van der Waals surface area contributed by atoms with E-state index in [-0.39, 0.29) is 31.1 Å². The van der Waals surface area contributed by atoms with Gasteiger partial charge in [-0.05, 0) is 12.1 Å². The van der Waals surface area contributed by atoms with Gasteiger partial charge in [0.05, 0.1) is 32.0 Å². The smallest absolute Gasteiger partial charge is 0.303 e. The summed E-state index contributed by atoms with van der Waals surface area (Å²) < 4.78 is 35.3. The van der Waals surface area contributed by atoms with Crippen molar-refractivity contribution in [1.29, 1.82) is 0 Å². The van der Waals surface area contributed by atoms with Crippen molar-refractivity contribution in [2.45, 2.75) is 19.4 Å². The van der Waals surface area contributed by atoms with Crippen LogP contribution in [0.4, 0.5) is 5.69 Å². The van der Waals surface area contributed by atoms with E-state index in [1.165, 1.54) is 7.11 Å². The Kier molecular flexibility index (Phi) is 5.39. The minimum absolute atomic E-state index is 0.0837. The first-order valence-electron chi connectivity index (χ1n) is 6.94. The molecule has 10 heteroatoms. The lowest BCUT2D eigenvalue weighted by Crippen LogP contribution is -2.29. The first kappa shape index (κ1) is 17.7. The number of rotatable bonds is 8. The second-order valence-corrected chi connectivity index (χ2v) is 6.88. The largest absolute Gasteiger partial charge is 0.497 e. The van der Waals surface area contributed by atoms with Crippen LogP contribution in [0.2, 0.25) is 0 Å². The van der Waals surface area contributed by atoms with Gasteiger partial charge in [-0.25, -0.2) is 8.42 Å². The molecule has 0 amide bonds. The average Bonchev–Trinajstić information content (AvgIpc) is 2.97. The lowest BCUT2D eigenvalue weighted by Gasteiger charge is -2.21. The molecular weight excluding hydrogens is 338 g/mol. The molecule has 0 aliphatic rings. The van der Waals surface area contributed by atoms with Gasteiger partial charge in [0.2, 0.25) is 15.9 Å². The van der Waals surface area contributed by atoms with E-state index in [0.717, 1.165) is 10.6 Å². The molecule has 0 saturated heterocycles.